The molecule has 0 bridgehead atoms. The highest BCUT2D eigenvalue weighted by atomic mass is 16.6. The Morgan fingerprint density at radius 1 is 1.00 bits per heavy atom. The Labute approximate surface area is 190 Å². The van der Waals surface area contributed by atoms with Crippen LogP contribution in [0.1, 0.15) is 40.0 Å². The molecule has 1 saturated heterocycles. The van der Waals surface area contributed by atoms with Gasteiger partial charge in [-0.15, -0.1) is 0 Å². The molecule has 0 saturated carbocycles. The third-order valence-corrected chi connectivity index (χ3v) is 5.10. The first-order chi connectivity index (χ1) is 15.3. The van der Waals surface area contributed by atoms with E-state index in [2.05, 4.69) is 15.5 Å². The molecule has 0 radical (unpaired) electrons. The minimum absolute atomic E-state index is 0.0527. The molecular weight excluding hydrogens is 406 g/mol. The quantitative estimate of drug-likeness (QED) is 0.648. The number of benzene rings is 2. The van der Waals surface area contributed by atoms with Gasteiger partial charge in [-0.1, -0.05) is 30.3 Å². The van der Waals surface area contributed by atoms with Crippen LogP contribution in [0.2, 0.25) is 0 Å². The first-order valence-corrected chi connectivity index (χ1v) is 11.1. The van der Waals surface area contributed by atoms with Crippen LogP contribution >= 0.6 is 0 Å². The maximum Gasteiger partial charge on any atom is 0.407 e. The summed E-state index contributed by atoms with van der Waals surface area (Å²) in [6.45, 7) is 7.90. The number of piperidine rings is 1. The molecule has 2 N–H and O–H groups in total. The third-order valence-electron chi connectivity index (χ3n) is 5.10. The Morgan fingerprint density at radius 3 is 2.34 bits per heavy atom. The van der Waals surface area contributed by atoms with Crippen LogP contribution < -0.4 is 15.4 Å². The molecule has 1 fully saturated rings. The lowest BCUT2D eigenvalue weighted by atomic mass is 10.1. The number of para-hydroxylation sites is 3. The Hall–Kier alpha value is -3.06. The van der Waals surface area contributed by atoms with Gasteiger partial charge in [-0.3, -0.25) is 4.79 Å². The molecule has 7 heteroatoms. The lowest BCUT2D eigenvalue weighted by Crippen LogP contribution is -2.46. The van der Waals surface area contributed by atoms with Crippen LogP contribution in [0.3, 0.4) is 0 Å². The van der Waals surface area contributed by atoms with Gasteiger partial charge in [-0.2, -0.15) is 0 Å². The second kappa shape index (κ2) is 11.0. The molecule has 2 aromatic rings. The Balaban J connectivity index is 1.41. The maximum atomic E-state index is 12.5. The summed E-state index contributed by atoms with van der Waals surface area (Å²) in [7, 11) is 0. The molecule has 1 aliphatic rings. The molecule has 172 valence electrons. The molecule has 32 heavy (non-hydrogen) atoms. The van der Waals surface area contributed by atoms with Crippen molar-refractivity contribution in [3.8, 4) is 11.5 Å². The summed E-state index contributed by atoms with van der Waals surface area (Å²) in [6, 6.07) is 17.0. The third kappa shape index (κ3) is 7.89. The number of nitrogens with one attached hydrogen (secondary N) is 2. The highest BCUT2D eigenvalue weighted by Gasteiger charge is 2.23. The predicted molar refractivity (Wildman–Crippen MR) is 125 cm³/mol. The second-order valence-corrected chi connectivity index (χ2v) is 8.97. The fraction of sp³-hybridized carbons (Fsp3) is 0.440. The predicted octanol–water partition coefficient (Wildman–Crippen LogP) is 4.80. The summed E-state index contributed by atoms with van der Waals surface area (Å²) in [5.74, 6) is 1.28. The van der Waals surface area contributed by atoms with Gasteiger partial charge in [0.15, 0.2) is 5.75 Å². The van der Waals surface area contributed by atoms with E-state index >= 15 is 0 Å². The number of nitrogens with zero attached hydrogens (tertiary/aromatic N) is 1. The fourth-order valence-electron chi connectivity index (χ4n) is 3.52. The molecule has 0 atom stereocenters. The Kier molecular flexibility index (Phi) is 8.11. The number of ether oxygens (including phenoxy) is 2. The van der Waals surface area contributed by atoms with Crippen LogP contribution in [-0.2, 0) is 9.53 Å². The molecule has 1 heterocycles. The van der Waals surface area contributed by atoms with E-state index in [0.717, 1.165) is 31.7 Å². The number of carbonyl (C=O) groups is 2. The summed E-state index contributed by atoms with van der Waals surface area (Å²) in [4.78, 5) is 26.7. The van der Waals surface area contributed by atoms with E-state index < -0.39 is 5.60 Å². The van der Waals surface area contributed by atoms with E-state index in [0.29, 0.717) is 24.4 Å². The fourth-order valence-corrected chi connectivity index (χ4v) is 3.52. The number of anilines is 1. The summed E-state index contributed by atoms with van der Waals surface area (Å²) >= 11 is 0. The van der Waals surface area contributed by atoms with Crippen LogP contribution in [0.4, 0.5) is 10.5 Å². The molecule has 0 unspecified atom stereocenters. The lowest BCUT2D eigenvalue weighted by Gasteiger charge is -2.32. The highest BCUT2D eigenvalue weighted by Crippen LogP contribution is 2.29. The molecule has 2 aromatic carbocycles. The number of likely N-dealkylation sites (tertiary alicyclic amines) is 1. The van der Waals surface area contributed by atoms with Crippen molar-refractivity contribution in [1.82, 2.24) is 10.2 Å². The van der Waals surface area contributed by atoms with Gasteiger partial charge in [-0.25, -0.2) is 4.79 Å². The Morgan fingerprint density at radius 2 is 1.66 bits per heavy atom. The van der Waals surface area contributed by atoms with Gasteiger partial charge in [0.2, 0.25) is 5.91 Å². The molecule has 0 aliphatic carbocycles. The number of amides is 2. The molecule has 3 rings (SSSR count). The number of alkyl carbamates (subject to hydrolysis) is 1. The van der Waals surface area contributed by atoms with E-state index in [1.807, 2.05) is 75.4 Å². The minimum Gasteiger partial charge on any atom is -0.455 e. The zero-order chi connectivity index (χ0) is 23.0. The summed E-state index contributed by atoms with van der Waals surface area (Å²) in [5, 5.41) is 5.90. The zero-order valence-electron chi connectivity index (χ0n) is 19.1. The number of hydrogen-bond donors (Lipinski definition) is 2. The molecular formula is C25H33N3O4. The molecule has 0 aromatic heterocycles. The normalized spacial score (nSPS) is 15.1. The summed E-state index contributed by atoms with van der Waals surface area (Å²) in [6.07, 6.45) is 1.71. The van der Waals surface area contributed by atoms with Crippen LogP contribution in [0, 0.1) is 0 Å². The highest BCUT2D eigenvalue weighted by molar-refractivity contribution is 5.92. The van der Waals surface area contributed by atoms with Crippen molar-refractivity contribution in [2.75, 3.05) is 25.0 Å². The average molecular weight is 440 g/mol. The zero-order valence-corrected chi connectivity index (χ0v) is 19.1. The van der Waals surface area contributed by atoms with Gasteiger partial charge < -0.3 is 25.0 Å². The monoisotopic (exact) mass is 439 g/mol. The summed E-state index contributed by atoms with van der Waals surface area (Å²) < 4.78 is 11.2. The smallest absolute Gasteiger partial charge is 0.407 e. The average Bonchev–Trinajstić information content (AvgIpc) is 2.74. The van der Waals surface area contributed by atoms with Crippen molar-refractivity contribution in [3.63, 3.8) is 0 Å². The number of hydrogen-bond acceptors (Lipinski definition) is 5. The van der Waals surface area contributed by atoms with Crippen LogP contribution in [0.15, 0.2) is 54.6 Å². The van der Waals surface area contributed by atoms with Crippen molar-refractivity contribution >= 4 is 17.7 Å². The van der Waals surface area contributed by atoms with Crippen LogP contribution in [-0.4, -0.2) is 48.2 Å². The van der Waals surface area contributed by atoms with Gasteiger partial charge in [0, 0.05) is 32.1 Å². The second-order valence-electron chi connectivity index (χ2n) is 8.97. The van der Waals surface area contributed by atoms with Gasteiger partial charge in [0.1, 0.15) is 11.4 Å². The number of rotatable bonds is 7. The number of carbonyl (C=O) groups excluding carboxylic acids is 2. The van der Waals surface area contributed by atoms with Crippen LogP contribution in [0.5, 0.6) is 11.5 Å². The lowest BCUT2D eigenvalue weighted by molar-refractivity contribution is -0.116. The topological polar surface area (TPSA) is 79.9 Å². The van der Waals surface area contributed by atoms with Gasteiger partial charge in [0.05, 0.1) is 5.69 Å². The van der Waals surface area contributed by atoms with Crippen molar-refractivity contribution in [3.05, 3.63) is 54.6 Å². The minimum atomic E-state index is -0.497. The molecule has 0 spiro atoms. The van der Waals surface area contributed by atoms with E-state index in [4.69, 9.17) is 9.47 Å². The van der Waals surface area contributed by atoms with E-state index in [1.165, 1.54) is 0 Å². The van der Waals surface area contributed by atoms with Crippen molar-refractivity contribution in [2.24, 2.45) is 0 Å². The molecule has 2 amide bonds. The van der Waals surface area contributed by atoms with Crippen molar-refractivity contribution in [1.29, 1.82) is 0 Å². The van der Waals surface area contributed by atoms with Gasteiger partial charge in [-0.05, 0) is 57.9 Å². The first kappa shape index (κ1) is 23.6. The van der Waals surface area contributed by atoms with Gasteiger partial charge in [0.25, 0.3) is 0 Å². The van der Waals surface area contributed by atoms with Crippen molar-refractivity contribution in [2.45, 2.75) is 51.7 Å². The van der Waals surface area contributed by atoms with E-state index in [-0.39, 0.29) is 18.0 Å². The first-order valence-electron chi connectivity index (χ1n) is 11.1. The standard InChI is InChI=1S/C25H33N3O4/c1-25(2,3)32-24(30)26-19-13-16-28(17-14-19)18-15-23(29)27-21-11-7-8-12-22(21)31-20-9-5-4-6-10-20/h4-12,19H,13-18H2,1-3H3,(H,26,30)(H,27,29). The SMILES string of the molecule is CC(C)(C)OC(=O)NC1CCN(CCC(=O)Nc2ccccc2Oc2ccccc2)CC1. The van der Waals surface area contributed by atoms with Crippen molar-refractivity contribution < 1.29 is 19.1 Å². The van der Waals surface area contributed by atoms with E-state index in [9.17, 15) is 9.59 Å². The molecule has 1 aliphatic heterocycles. The Bertz CT molecular complexity index is 888. The largest absolute Gasteiger partial charge is 0.455 e. The summed E-state index contributed by atoms with van der Waals surface area (Å²) in [5.41, 5.74) is 0.157. The van der Waals surface area contributed by atoms with E-state index in [1.54, 1.807) is 0 Å². The maximum absolute atomic E-state index is 12.5. The molecule has 7 nitrogen and oxygen atoms in total. The van der Waals surface area contributed by atoms with Crippen LogP contribution in [0.25, 0.3) is 0 Å². The van der Waals surface area contributed by atoms with Gasteiger partial charge >= 0.3 is 6.09 Å².